The number of nitrogens with one attached hydrogen (secondary N) is 1. The maximum Gasteiger partial charge on any atom is 0.271 e. The maximum atomic E-state index is 13.5. The molecule has 8 heteroatoms. The van der Waals surface area contributed by atoms with Crippen LogP contribution in [0.15, 0.2) is 22.7 Å². The number of carbonyl (C=O) groups is 2. The molecule has 1 aromatic heterocycles. The zero-order valence-electron chi connectivity index (χ0n) is 17.3. The number of aromatic amines is 1. The van der Waals surface area contributed by atoms with E-state index in [9.17, 15) is 9.59 Å². The Morgan fingerprint density at radius 1 is 1.27 bits per heavy atom. The Hall–Kier alpha value is -1.57. The van der Waals surface area contributed by atoms with E-state index in [1.54, 1.807) is 0 Å². The van der Waals surface area contributed by atoms with Crippen LogP contribution >= 0.6 is 27.5 Å². The van der Waals surface area contributed by atoms with Gasteiger partial charge in [-0.2, -0.15) is 0 Å². The number of hydrogen-bond donors (Lipinski definition) is 1. The zero-order chi connectivity index (χ0) is 21.2. The van der Waals surface area contributed by atoms with Crippen molar-refractivity contribution in [2.45, 2.75) is 37.8 Å². The number of aromatic nitrogens is 1. The van der Waals surface area contributed by atoms with Crippen molar-refractivity contribution in [3.05, 3.63) is 33.4 Å². The highest BCUT2D eigenvalue weighted by atomic mass is 79.9. The van der Waals surface area contributed by atoms with Crippen molar-refractivity contribution in [3.8, 4) is 0 Å². The molecule has 2 atom stereocenters. The number of amides is 2. The number of rotatable bonds is 3. The van der Waals surface area contributed by atoms with E-state index in [0.717, 1.165) is 54.1 Å². The number of carbonyl (C=O) groups excluding carboxylic acids is 2. The van der Waals surface area contributed by atoms with Gasteiger partial charge in [0.05, 0.1) is 5.52 Å². The lowest BCUT2D eigenvalue weighted by Crippen LogP contribution is -2.47. The van der Waals surface area contributed by atoms with E-state index in [4.69, 9.17) is 11.6 Å². The molecular weight excluding hydrogens is 468 g/mol. The first-order chi connectivity index (χ1) is 14.3. The van der Waals surface area contributed by atoms with Gasteiger partial charge < -0.3 is 19.7 Å². The van der Waals surface area contributed by atoms with Gasteiger partial charge in [0.2, 0.25) is 5.91 Å². The molecule has 6 nitrogen and oxygen atoms in total. The van der Waals surface area contributed by atoms with Crippen LogP contribution in [0.25, 0.3) is 10.9 Å². The van der Waals surface area contributed by atoms with Gasteiger partial charge in [-0.25, -0.2) is 0 Å². The summed E-state index contributed by atoms with van der Waals surface area (Å²) in [6.45, 7) is 2.19. The van der Waals surface area contributed by atoms with Crippen LogP contribution in [0, 0.1) is 5.41 Å². The van der Waals surface area contributed by atoms with Crippen LogP contribution in [0.3, 0.4) is 0 Å². The molecule has 1 saturated carbocycles. The fraction of sp³-hybridized carbons (Fsp3) is 0.545. The van der Waals surface area contributed by atoms with E-state index >= 15 is 0 Å². The fourth-order valence-electron chi connectivity index (χ4n) is 5.04. The molecule has 30 heavy (non-hydrogen) atoms. The fourth-order valence-corrected chi connectivity index (χ4v) is 5.97. The Bertz CT molecular complexity index is 1030. The minimum atomic E-state index is -0.362. The SMILES string of the molecule is CN(C)[C@H]1CCN(C(=O)[C@H]2CC3(CC3)CN2C(=O)c2cc3cc(Cl)cc(Br)c3[nH]2)C1. The molecule has 0 radical (unpaired) electrons. The van der Waals surface area contributed by atoms with Gasteiger partial charge >= 0.3 is 0 Å². The van der Waals surface area contributed by atoms with Crippen LogP contribution < -0.4 is 0 Å². The molecule has 1 spiro atoms. The number of likely N-dealkylation sites (N-methyl/N-ethyl adjacent to an activating group) is 1. The van der Waals surface area contributed by atoms with E-state index in [0.29, 0.717) is 23.3 Å². The monoisotopic (exact) mass is 492 g/mol. The minimum absolute atomic E-state index is 0.0975. The number of H-pyrrole nitrogens is 1. The molecule has 3 heterocycles. The summed E-state index contributed by atoms with van der Waals surface area (Å²) in [4.78, 5) is 36.1. The average Bonchev–Trinajstić information content (AvgIpc) is 3.08. The summed E-state index contributed by atoms with van der Waals surface area (Å²) in [5.41, 5.74) is 1.50. The van der Waals surface area contributed by atoms with Crippen LogP contribution in [-0.2, 0) is 4.79 Å². The second-order valence-electron chi connectivity index (χ2n) is 9.38. The molecule has 1 aromatic carbocycles. The number of hydrogen-bond acceptors (Lipinski definition) is 3. The summed E-state index contributed by atoms with van der Waals surface area (Å²) in [5.74, 6) is 0.0107. The predicted molar refractivity (Wildman–Crippen MR) is 121 cm³/mol. The van der Waals surface area contributed by atoms with Gasteiger partial charge in [-0.3, -0.25) is 9.59 Å². The number of benzene rings is 1. The standard InChI is InChI=1S/C22H26BrClN4O2/c1-26(2)15-3-6-27(11-15)21(30)18-10-22(4-5-22)12-28(18)20(29)17-8-13-7-14(24)9-16(23)19(13)25-17/h7-9,15,18,25H,3-6,10-12H2,1-2H3/t15-,18+/m0/s1. The Morgan fingerprint density at radius 3 is 2.70 bits per heavy atom. The zero-order valence-corrected chi connectivity index (χ0v) is 19.6. The molecular formula is C22H26BrClN4O2. The lowest BCUT2D eigenvalue weighted by Gasteiger charge is -2.28. The van der Waals surface area contributed by atoms with Crippen LogP contribution in [0.1, 0.15) is 36.2 Å². The molecule has 2 aromatic rings. The van der Waals surface area contributed by atoms with Gasteiger partial charge in [0.1, 0.15) is 11.7 Å². The van der Waals surface area contributed by atoms with Crippen molar-refractivity contribution in [2.75, 3.05) is 33.7 Å². The van der Waals surface area contributed by atoms with Gasteiger partial charge in [0.15, 0.2) is 0 Å². The van der Waals surface area contributed by atoms with Gasteiger partial charge in [-0.15, -0.1) is 0 Å². The van der Waals surface area contributed by atoms with Crippen molar-refractivity contribution in [3.63, 3.8) is 0 Å². The topological polar surface area (TPSA) is 59.6 Å². The molecule has 3 fully saturated rings. The third-order valence-electron chi connectivity index (χ3n) is 7.09. The molecule has 2 aliphatic heterocycles. The van der Waals surface area contributed by atoms with Gasteiger partial charge in [-0.1, -0.05) is 11.6 Å². The van der Waals surface area contributed by atoms with Crippen molar-refractivity contribution in [2.24, 2.45) is 5.41 Å². The smallest absolute Gasteiger partial charge is 0.271 e. The quantitative estimate of drug-likeness (QED) is 0.709. The highest BCUT2D eigenvalue weighted by Crippen LogP contribution is 2.55. The Balaban J connectivity index is 1.41. The van der Waals surface area contributed by atoms with Crippen LogP contribution in [-0.4, -0.2) is 77.3 Å². The van der Waals surface area contributed by atoms with Crippen molar-refractivity contribution >= 4 is 50.2 Å². The van der Waals surface area contributed by atoms with Crippen LogP contribution in [0.2, 0.25) is 5.02 Å². The number of likely N-dealkylation sites (tertiary alicyclic amines) is 2. The molecule has 160 valence electrons. The highest BCUT2D eigenvalue weighted by molar-refractivity contribution is 9.10. The second-order valence-corrected chi connectivity index (χ2v) is 10.7. The van der Waals surface area contributed by atoms with Crippen LogP contribution in [0.4, 0.5) is 0 Å². The van der Waals surface area contributed by atoms with E-state index in [1.807, 2.05) is 28.0 Å². The Labute approximate surface area is 189 Å². The third-order valence-corrected chi connectivity index (χ3v) is 7.94. The number of nitrogens with zero attached hydrogens (tertiary/aromatic N) is 3. The molecule has 5 rings (SSSR count). The maximum absolute atomic E-state index is 13.5. The van der Waals surface area contributed by atoms with E-state index in [-0.39, 0.29) is 23.3 Å². The summed E-state index contributed by atoms with van der Waals surface area (Å²) in [6.07, 6.45) is 3.99. The van der Waals surface area contributed by atoms with Gasteiger partial charge in [0.25, 0.3) is 5.91 Å². The van der Waals surface area contributed by atoms with E-state index < -0.39 is 0 Å². The summed E-state index contributed by atoms with van der Waals surface area (Å²) >= 11 is 9.68. The highest BCUT2D eigenvalue weighted by Gasteiger charge is 2.56. The average molecular weight is 494 g/mol. The lowest BCUT2D eigenvalue weighted by atomic mass is 10.0. The molecule has 0 bridgehead atoms. The molecule has 2 saturated heterocycles. The molecule has 3 aliphatic rings. The first kappa shape index (κ1) is 20.3. The first-order valence-corrected chi connectivity index (χ1v) is 11.7. The van der Waals surface area contributed by atoms with E-state index in [2.05, 4.69) is 39.9 Å². The molecule has 1 N–H and O–H groups in total. The number of fused-ring (bicyclic) bond motifs is 1. The minimum Gasteiger partial charge on any atom is -0.350 e. The number of halogens is 2. The second kappa shape index (κ2) is 7.24. The molecule has 1 aliphatic carbocycles. The summed E-state index contributed by atoms with van der Waals surface area (Å²) < 4.78 is 0.823. The Kier molecular flexibility index (Phi) is 4.91. The Morgan fingerprint density at radius 2 is 2.03 bits per heavy atom. The van der Waals surface area contributed by atoms with Crippen molar-refractivity contribution in [1.82, 2.24) is 19.7 Å². The molecule has 2 amide bonds. The predicted octanol–water partition coefficient (Wildman–Crippen LogP) is 3.74. The lowest BCUT2D eigenvalue weighted by molar-refractivity contribution is -0.134. The van der Waals surface area contributed by atoms with Crippen LogP contribution in [0.5, 0.6) is 0 Å². The van der Waals surface area contributed by atoms with E-state index in [1.165, 1.54) is 0 Å². The first-order valence-electron chi connectivity index (χ1n) is 10.5. The summed E-state index contributed by atoms with van der Waals surface area (Å²) in [6, 6.07) is 5.52. The van der Waals surface area contributed by atoms with Crippen molar-refractivity contribution in [1.29, 1.82) is 0 Å². The summed E-state index contributed by atoms with van der Waals surface area (Å²) in [7, 11) is 4.12. The van der Waals surface area contributed by atoms with Crippen molar-refractivity contribution < 1.29 is 9.59 Å². The summed E-state index contributed by atoms with van der Waals surface area (Å²) in [5, 5.41) is 1.50. The van der Waals surface area contributed by atoms with Gasteiger partial charge in [0, 0.05) is 40.6 Å². The third kappa shape index (κ3) is 3.45. The molecule has 0 unspecified atom stereocenters. The largest absolute Gasteiger partial charge is 0.350 e. The van der Waals surface area contributed by atoms with Gasteiger partial charge in [-0.05, 0) is 79.3 Å². The normalized spacial score (nSPS) is 25.1.